The van der Waals surface area contributed by atoms with Crippen molar-refractivity contribution in [3.05, 3.63) is 48.0 Å². The van der Waals surface area contributed by atoms with Gasteiger partial charge in [0.2, 0.25) is 5.82 Å². The first kappa shape index (κ1) is 22.8. The van der Waals surface area contributed by atoms with E-state index in [0.29, 0.717) is 36.2 Å². The van der Waals surface area contributed by atoms with E-state index in [9.17, 15) is 13.6 Å². The number of fused-ring (bicyclic) bond motifs is 1. The van der Waals surface area contributed by atoms with Crippen LogP contribution in [0.4, 0.5) is 8.78 Å². The van der Waals surface area contributed by atoms with E-state index in [0.717, 1.165) is 25.2 Å². The molecule has 2 aliphatic carbocycles. The SMILES string of the molecule is CCCOc1ccc(-c2ccc(OC(=O)C3CCC4C(CCC)CCC34)cc2)c(F)c1F. The average molecular weight is 443 g/mol. The first-order valence-electron chi connectivity index (χ1n) is 12.0. The Morgan fingerprint density at radius 3 is 2.38 bits per heavy atom. The van der Waals surface area contributed by atoms with Gasteiger partial charge in [0.25, 0.3) is 0 Å². The molecule has 2 aliphatic rings. The fourth-order valence-corrected chi connectivity index (χ4v) is 5.71. The Bertz CT molecular complexity index is 941. The molecule has 2 aromatic carbocycles. The third-order valence-corrected chi connectivity index (χ3v) is 7.21. The van der Waals surface area contributed by atoms with E-state index in [-0.39, 0.29) is 23.2 Å². The van der Waals surface area contributed by atoms with Gasteiger partial charge in [-0.2, -0.15) is 4.39 Å². The van der Waals surface area contributed by atoms with Crippen LogP contribution in [-0.4, -0.2) is 12.6 Å². The minimum atomic E-state index is -0.986. The highest BCUT2D eigenvalue weighted by Crippen LogP contribution is 2.52. The van der Waals surface area contributed by atoms with E-state index in [1.165, 1.54) is 31.4 Å². The number of halogens is 2. The lowest BCUT2D eigenvalue weighted by molar-refractivity contribution is -0.140. The number of carbonyl (C=O) groups is 1. The Labute approximate surface area is 189 Å². The van der Waals surface area contributed by atoms with Crippen molar-refractivity contribution in [2.75, 3.05) is 6.61 Å². The van der Waals surface area contributed by atoms with E-state index in [4.69, 9.17) is 9.47 Å². The maximum Gasteiger partial charge on any atom is 0.314 e. The highest BCUT2D eigenvalue weighted by atomic mass is 19.2. The summed E-state index contributed by atoms with van der Waals surface area (Å²) in [6.45, 7) is 4.46. The maximum absolute atomic E-state index is 14.6. The van der Waals surface area contributed by atoms with Crippen LogP contribution in [0.5, 0.6) is 11.5 Å². The van der Waals surface area contributed by atoms with Gasteiger partial charge in [0.1, 0.15) is 5.75 Å². The van der Waals surface area contributed by atoms with Crippen LogP contribution in [0.15, 0.2) is 36.4 Å². The fourth-order valence-electron chi connectivity index (χ4n) is 5.71. The van der Waals surface area contributed by atoms with Gasteiger partial charge in [-0.3, -0.25) is 4.79 Å². The zero-order chi connectivity index (χ0) is 22.7. The second-order valence-electron chi connectivity index (χ2n) is 9.17. The summed E-state index contributed by atoms with van der Waals surface area (Å²) in [5, 5.41) is 0. The van der Waals surface area contributed by atoms with Gasteiger partial charge in [-0.1, -0.05) is 38.8 Å². The Balaban J connectivity index is 1.41. The second-order valence-corrected chi connectivity index (χ2v) is 9.17. The van der Waals surface area contributed by atoms with Crippen LogP contribution in [0.2, 0.25) is 0 Å². The molecule has 0 saturated heterocycles. The minimum absolute atomic E-state index is 0.0243. The molecule has 0 aliphatic heterocycles. The molecule has 4 rings (SSSR count). The van der Waals surface area contributed by atoms with Crippen molar-refractivity contribution in [2.24, 2.45) is 23.7 Å². The molecule has 0 aromatic heterocycles. The smallest absolute Gasteiger partial charge is 0.314 e. The van der Waals surface area contributed by atoms with E-state index < -0.39 is 11.6 Å². The van der Waals surface area contributed by atoms with Gasteiger partial charge in [0.15, 0.2) is 11.6 Å². The van der Waals surface area contributed by atoms with Crippen molar-refractivity contribution in [3.8, 4) is 22.6 Å². The van der Waals surface area contributed by atoms with Crippen LogP contribution in [-0.2, 0) is 4.79 Å². The van der Waals surface area contributed by atoms with Crippen LogP contribution < -0.4 is 9.47 Å². The lowest BCUT2D eigenvalue weighted by Gasteiger charge is -2.19. The quantitative estimate of drug-likeness (QED) is 0.321. The normalized spacial score (nSPS) is 24.4. The molecule has 2 aromatic rings. The number of carbonyl (C=O) groups excluding carboxylic acids is 1. The second kappa shape index (κ2) is 10.0. The van der Waals surface area contributed by atoms with Crippen molar-refractivity contribution < 1.29 is 23.0 Å². The van der Waals surface area contributed by atoms with Crippen molar-refractivity contribution >= 4 is 5.97 Å². The minimum Gasteiger partial charge on any atom is -0.490 e. The molecule has 0 N–H and O–H groups in total. The molecule has 4 unspecified atom stereocenters. The fraction of sp³-hybridized carbons (Fsp3) is 0.519. The first-order valence-corrected chi connectivity index (χ1v) is 12.0. The van der Waals surface area contributed by atoms with Crippen LogP contribution >= 0.6 is 0 Å². The first-order chi connectivity index (χ1) is 15.5. The monoisotopic (exact) mass is 442 g/mol. The van der Waals surface area contributed by atoms with Crippen LogP contribution in [0.1, 0.15) is 58.8 Å². The molecule has 0 amide bonds. The predicted octanol–water partition coefficient (Wildman–Crippen LogP) is 7.18. The summed E-state index contributed by atoms with van der Waals surface area (Å²) in [5.41, 5.74) is 0.665. The summed E-state index contributed by atoms with van der Waals surface area (Å²) in [6.07, 6.45) is 7.55. The predicted molar refractivity (Wildman–Crippen MR) is 121 cm³/mol. The summed E-state index contributed by atoms with van der Waals surface area (Å²) in [6, 6.07) is 9.55. The Morgan fingerprint density at radius 1 is 0.906 bits per heavy atom. The molecule has 2 fully saturated rings. The van der Waals surface area contributed by atoms with Crippen LogP contribution in [0, 0.1) is 35.3 Å². The highest BCUT2D eigenvalue weighted by molar-refractivity contribution is 5.76. The zero-order valence-corrected chi connectivity index (χ0v) is 18.9. The number of rotatable bonds is 8. The van der Waals surface area contributed by atoms with Gasteiger partial charge < -0.3 is 9.47 Å². The van der Waals surface area contributed by atoms with Gasteiger partial charge >= 0.3 is 5.97 Å². The summed E-state index contributed by atoms with van der Waals surface area (Å²) >= 11 is 0. The average Bonchev–Trinajstić information content (AvgIpc) is 3.39. The van der Waals surface area contributed by atoms with E-state index in [2.05, 4.69) is 6.92 Å². The molecule has 5 heteroatoms. The Hall–Kier alpha value is -2.43. The highest BCUT2D eigenvalue weighted by Gasteiger charge is 2.47. The Kier molecular flexibility index (Phi) is 7.12. The topological polar surface area (TPSA) is 35.5 Å². The summed E-state index contributed by atoms with van der Waals surface area (Å²) in [4.78, 5) is 12.9. The van der Waals surface area contributed by atoms with Gasteiger partial charge in [-0.15, -0.1) is 0 Å². The Morgan fingerprint density at radius 2 is 1.66 bits per heavy atom. The molecular weight excluding hydrogens is 410 g/mol. The number of benzene rings is 2. The molecular formula is C27H32F2O3. The van der Waals surface area contributed by atoms with E-state index in [1.807, 2.05) is 6.92 Å². The van der Waals surface area contributed by atoms with Gasteiger partial charge in [0, 0.05) is 5.56 Å². The van der Waals surface area contributed by atoms with Crippen LogP contribution in [0.25, 0.3) is 11.1 Å². The molecule has 0 bridgehead atoms. The largest absolute Gasteiger partial charge is 0.490 e. The number of esters is 1. The number of ether oxygens (including phenoxy) is 2. The van der Waals surface area contributed by atoms with Gasteiger partial charge in [0.05, 0.1) is 12.5 Å². The third-order valence-electron chi connectivity index (χ3n) is 7.21. The van der Waals surface area contributed by atoms with E-state index in [1.54, 1.807) is 24.3 Å². The zero-order valence-electron chi connectivity index (χ0n) is 18.9. The molecule has 4 atom stereocenters. The lowest BCUT2D eigenvalue weighted by atomic mass is 9.87. The van der Waals surface area contributed by atoms with Gasteiger partial charge in [-0.25, -0.2) is 4.39 Å². The summed E-state index contributed by atoms with van der Waals surface area (Å²) in [7, 11) is 0. The van der Waals surface area contributed by atoms with Crippen molar-refractivity contribution in [1.29, 1.82) is 0 Å². The molecule has 172 valence electrons. The summed E-state index contributed by atoms with van der Waals surface area (Å²) in [5.74, 6) is 0.122. The molecule has 0 radical (unpaired) electrons. The molecule has 0 spiro atoms. The molecule has 3 nitrogen and oxygen atoms in total. The van der Waals surface area contributed by atoms with E-state index >= 15 is 0 Å². The lowest BCUT2D eigenvalue weighted by Crippen LogP contribution is -2.25. The van der Waals surface area contributed by atoms with Crippen LogP contribution in [0.3, 0.4) is 0 Å². The molecule has 0 heterocycles. The molecule has 2 saturated carbocycles. The molecule has 32 heavy (non-hydrogen) atoms. The third kappa shape index (κ3) is 4.53. The number of hydrogen-bond donors (Lipinski definition) is 0. The van der Waals surface area contributed by atoms with Gasteiger partial charge in [-0.05, 0) is 79.7 Å². The maximum atomic E-state index is 14.6. The number of hydrogen-bond acceptors (Lipinski definition) is 3. The van der Waals surface area contributed by atoms with Crippen molar-refractivity contribution in [1.82, 2.24) is 0 Å². The van der Waals surface area contributed by atoms with Crippen molar-refractivity contribution in [2.45, 2.75) is 58.8 Å². The standard InChI is InChI=1S/C27H32F2O3/c1-3-5-17-8-11-22-20(17)12-13-23(22)27(30)32-19-9-6-18(7-10-19)21-14-15-24(31-16-4-2)26(29)25(21)28/h6-7,9-10,14-15,17,20,22-23H,3-5,8,11-13,16H2,1-2H3. The summed E-state index contributed by atoms with van der Waals surface area (Å²) < 4.78 is 39.8. The van der Waals surface area contributed by atoms with Crippen molar-refractivity contribution in [3.63, 3.8) is 0 Å².